The molecule has 2 aliphatic carbocycles. The maximum Gasteiger partial charge on any atom is 0.446 e. The molecule has 3 rings (SSSR count). The largest absolute Gasteiger partial charge is 0.446 e. The highest BCUT2D eigenvalue weighted by Crippen LogP contribution is 2.47. The molecule has 2 fully saturated rings. The van der Waals surface area contributed by atoms with Gasteiger partial charge in [0.05, 0.1) is 11.8 Å². The molecule has 0 saturated heterocycles. The minimum atomic E-state index is -4.46. The molecule has 8 heteroatoms. The van der Waals surface area contributed by atoms with Gasteiger partial charge in [-0.25, -0.2) is 0 Å². The van der Waals surface area contributed by atoms with E-state index in [2.05, 4.69) is 0 Å². The third kappa shape index (κ3) is 5.50. The van der Waals surface area contributed by atoms with Crippen LogP contribution in [-0.4, -0.2) is 28.6 Å². The number of halogens is 3. The van der Waals surface area contributed by atoms with Gasteiger partial charge in [-0.2, -0.15) is 13.2 Å². The minimum Gasteiger partial charge on any atom is -0.299 e. The van der Waals surface area contributed by atoms with Crippen LogP contribution < -0.4 is 0 Å². The molecule has 1 aromatic rings. The summed E-state index contributed by atoms with van der Waals surface area (Å²) in [5.74, 6) is -4.59. The van der Waals surface area contributed by atoms with Crippen molar-refractivity contribution in [3.63, 3.8) is 0 Å². The predicted molar refractivity (Wildman–Crippen MR) is 114 cm³/mol. The molecule has 0 aromatic heterocycles. The second-order valence-electron chi connectivity index (χ2n) is 10.5. The Labute approximate surface area is 189 Å². The number of rotatable bonds is 4. The first kappa shape index (κ1) is 24.7. The van der Waals surface area contributed by atoms with Crippen molar-refractivity contribution in [2.45, 2.75) is 69.7 Å². The molecule has 0 heterocycles. The van der Waals surface area contributed by atoms with Crippen molar-refractivity contribution < 1.29 is 32.3 Å². The van der Waals surface area contributed by atoms with Crippen LogP contribution in [0.5, 0.6) is 0 Å². The van der Waals surface area contributed by atoms with Crippen LogP contribution in [-0.2, 0) is 19.2 Å². The van der Waals surface area contributed by atoms with Crippen LogP contribution in [0.1, 0.15) is 64.9 Å². The minimum absolute atomic E-state index is 0.0511. The number of carbonyl (C=O) groups excluding carboxylic acids is 4. The van der Waals surface area contributed by atoms with E-state index in [1.54, 1.807) is 0 Å². The van der Waals surface area contributed by atoms with Gasteiger partial charge in [0.1, 0.15) is 23.1 Å². The number of Topliss-reactive ketones (excluding diaryl/α,β-unsaturated/α-hetero) is 4. The first-order valence-corrected chi connectivity index (χ1v) is 11.4. The molecular formula is C24H27F3O4S. The number of ketones is 4. The molecule has 0 radical (unpaired) electrons. The Kier molecular flexibility index (Phi) is 6.50. The van der Waals surface area contributed by atoms with E-state index in [9.17, 15) is 32.3 Å². The van der Waals surface area contributed by atoms with E-state index in [0.717, 1.165) is 0 Å². The number of thioether (sulfide) groups is 1. The fourth-order valence-electron chi connectivity index (χ4n) is 5.08. The topological polar surface area (TPSA) is 68.3 Å². The molecule has 0 bridgehead atoms. The van der Waals surface area contributed by atoms with Crippen molar-refractivity contribution in [1.29, 1.82) is 0 Å². The molecule has 0 N–H and O–H groups in total. The van der Waals surface area contributed by atoms with Crippen LogP contribution in [0.25, 0.3) is 0 Å². The Morgan fingerprint density at radius 1 is 0.750 bits per heavy atom. The van der Waals surface area contributed by atoms with Gasteiger partial charge in [0.25, 0.3) is 0 Å². The molecule has 32 heavy (non-hydrogen) atoms. The summed E-state index contributed by atoms with van der Waals surface area (Å²) in [4.78, 5) is 52.3. The zero-order valence-electron chi connectivity index (χ0n) is 18.5. The third-order valence-electron chi connectivity index (χ3n) is 6.22. The molecule has 0 atom stereocenters. The summed E-state index contributed by atoms with van der Waals surface area (Å²) in [5.41, 5.74) is -5.10. The zero-order valence-corrected chi connectivity index (χ0v) is 19.4. The van der Waals surface area contributed by atoms with E-state index >= 15 is 0 Å². The lowest BCUT2D eigenvalue weighted by atomic mass is 9.59. The van der Waals surface area contributed by atoms with Gasteiger partial charge in [-0.15, -0.1) is 0 Å². The van der Waals surface area contributed by atoms with Crippen LogP contribution in [0.2, 0.25) is 0 Å². The lowest BCUT2D eigenvalue weighted by Crippen LogP contribution is -2.48. The average molecular weight is 469 g/mol. The smallest absolute Gasteiger partial charge is 0.299 e. The molecule has 2 saturated carbocycles. The van der Waals surface area contributed by atoms with Crippen molar-refractivity contribution in [1.82, 2.24) is 0 Å². The number of carbonyl (C=O) groups is 4. The Hall–Kier alpha value is -1.96. The summed E-state index contributed by atoms with van der Waals surface area (Å²) in [6, 6.07) is 5.31. The van der Waals surface area contributed by atoms with Gasteiger partial charge in [-0.1, -0.05) is 39.8 Å². The van der Waals surface area contributed by atoms with Gasteiger partial charge >= 0.3 is 5.51 Å². The van der Waals surface area contributed by atoms with Crippen molar-refractivity contribution in [3.05, 3.63) is 29.8 Å². The molecule has 174 valence electrons. The highest BCUT2D eigenvalue weighted by molar-refractivity contribution is 8.00. The van der Waals surface area contributed by atoms with E-state index in [0.29, 0.717) is 5.56 Å². The van der Waals surface area contributed by atoms with Gasteiger partial charge in [-0.05, 0) is 40.3 Å². The second-order valence-corrected chi connectivity index (χ2v) is 11.6. The van der Waals surface area contributed by atoms with Crippen molar-refractivity contribution >= 4 is 34.9 Å². The van der Waals surface area contributed by atoms with Crippen LogP contribution >= 0.6 is 11.8 Å². The highest BCUT2D eigenvalue weighted by Gasteiger charge is 2.52. The highest BCUT2D eigenvalue weighted by atomic mass is 32.2. The number of benzene rings is 1. The summed E-state index contributed by atoms with van der Waals surface area (Å²) in [5, 5.41) is 0. The molecule has 0 spiro atoms. The monoisotopic (exact) mass is 468 g/mol. The van der Waals surface area contributed by atoms with Gasteiger partial charge in [0, 0.05) is 36.5 Å². The lowest BCUT2D eigenvalue weighted by Gasteiger charge is -2.41. The zero-order chi connectivity index (χ0) is 24.1. The van der Waals surface area contributed by atoms with Crippen molar-refractivity contribution in [2.75, 3.05) is 0 Å². The fraction of sp³-hybridized carbons (Fsp3) is 0.583. The van der Waals surface area contributed by atoms with Gasteiger partial charge in [0.15, 0.2) is 0 Å². The molecule has 4 nitrogen and oxygen atoms in total. The van der Waals surface area contributed by atoms with Crippen LogP contribution in [0.15, 0.2) is 29.2 Å². The quantitative estimate of drug-likeness (QED) is 0.429. The van der Waals surface area contributed by atoms with E-state index in [1.165, 1.54) is 24.3 Å². The van der Waals surface area contributed by atoms with Crippen LogP contribution in [0.4, 0.5) is 13.2 Å². The molecule has 0 aliphatic heterocycles. The Morgan fingerprint density at radius 2 is 1.09 bits per heavy atom. The maximum atomic E-state index is 13.1. The predicted octanol–water partition coefficient (Wildman–Crippen LogP) is 5.53. The van der Waals surface area contributed by atoms with E-state index < -0.39 is 34.1 Å². The Morgan fingerprint density at radius 3 is 1.41 bits per heavy atom. The van der Waals surface area contributed by atoms with Crippen molar-refractivity contribution in [2.24, 2.45) is 22.7 Å². The molecule has 1 aromatic carbocycles. The molecule has 2 aliphatic rings. The maximum absolute atomic E-state index is 13.1. The SMILES string of the molecule is CC1(C)CC(=O)C(C(c2ccc(SC(F)(F)F)cc2)C2C(=O)CC(C)(C)CC2=O)C(=O)C1. The van der Waals surface area contributed by atoms with E-state index in [-0.39, 0.29) is 65.5 Å². The molecule has 0 amide bonds. The number of hydrogen-bond acceptors (Lipinski definition) is 5. The van der Waals surface area contributed by atoms with E-state index in [4.69, 9.17) is 0 Å². The second kappa shape index (κ2) is 8.43. The standard InChI is InChI=1S/C24H27F3O4S/c1-22(2)9-15(28)20(16(29)10-22)19(21-17(30)11-23(3,4)12-18(21)31)13-5-7-14(8-6-13)32-24(25,26)27/h5-8,19-21H,9-12H2,1-4H3. The van der Waals surface area contributed by atoms with Gasteiger partial charge < -0.3 is 0 Å². The van der Waals surface area contributed by atoms with Gasteiger partial charge in [0.2, 0.25) is 0 Å². The fourth-order valence-corrected chi connectivity index (χ4v) is 5.62. The molecular weight excluding hydrogens is 441 g/mol. The summed E-state index contributed by atoms with van der Waals surface area (Å²) < 4.78 is 38.2. The Balaban J connectivity index is 2.04. The van der Waals surface area contributed by atoms with Crippen LogP contribution in [0, 0.1) is 22.7 Å². The van der Waals surface area contributed by atoms with Crippen LogP contribution in [0.3, 0.4) is 0 Å². The third-order valence-corrected chi connectivity index (χ3v) is 6.95. The Bertz CT molecular complexity index is 859. The molecule has 0 unspecified atom stereocenters. The van der Waals surface area contributed by atoms with E-state index in [1.807, 2.05) is 27.7 Å². The summed E-state index contributed by atoms with van der Waals surface area (Å²) in [6.07, 6.45) is 0.566. The number of alkyl halides is 3. The first-order chi connectivity index (χ1) is 14.6. The normalized spacial score (nSPS) is 22.6. The summed E-state index contributed by atoms with van der Waals surface area (Å²) in [6.45, 7) is 7.26. The van der Waals surface area contributed by atoms with Crippen molar-refractivity contribution in [3.8, 4) is 0 Å². The summed E-state index contributed by atoms with van der Waals surface area (Å²) >= 11 is -0.274. The number of hydrogen-bond donors (Lipinski definition) is 0. The van der Waals surface area contributed by atoms with Gasteiger partial charge in [-0.3, -0.25) is 19.2 Å². The lowest BCUT2D eigenvalue weighted by molar-refractivity contribution is -0.145. The summed E-state index contributed by atoms with van der Waals surface area (Å²) in [7, 11) is 0. The first-order valence-electron chi connectivity index (χ1n) is 10.6. The average Bonchev–Trinajstić information content (AvgIpc) is 2.56.